The third-order valence-corrected chi connectivity index (χ3v) is 6.70. The van der Waals surface area contributed by atoms with Crippen LogP contribution in [0.15, 0.2) is 70.0 Å². The standard InChI is InChI=1S/C28H29N3O3/c1-3-21-17-22(33-2)18-24-25(21)28(32)34-27(30-24)23-10-7-13-29-26(23)31-14-11-20(12-15-31)16-19-8-5-4-6-9-19/h4-10,13,17-18,20H,3,11-12,14-16H2,1-2H3. The van der Waals surface area contributed by atoms with E-state index in [-0.39, 0.29) is 5.63 Å². The molecule has 174 valence electrons. The summed E-state index contributed by atoms with van der Waals surface area (Å²) in [4.78, 5) is 24.7. The van der Waals surface area contributed by atoms with Crippen molar-refractivity contribution in [2.75, 3.05) is 25.1 Å². The van der Waals surface area contributed by atoms with Gasteiger partial charge in [-0.3, -0.25) is 0 Å². The molecule has 1 aliphatic heterocycles. The van der Waals surface area contributed by atoms with Gasteiger partial charge in [0.2, 0.25) is 5.89 Å². The van der Waals surface area contributed by atoms with Crippen molar-refractivity contribution in [3.63, 3.8) is 0 Å². The maximum Gasteiger partial charge on any atom is 0.347 e. The second-order valence-corrected chi connectivity index (χ2v) is 8.84. The van der Waals surface area contributed by atoms with Crippen molar-refractivity contribution in [3.8, 4) is 17.2 Å². The lowest BCUT2D eigenvalue weighted by molar-refractivity contribution is 0.402. The number of rotatable bonds is 6. The van der Waals surface area contributed by atoms with Crippen molar-refractivity contribution in [3.05, 3.63) is 82.3 Å². The summed E-state index contributed by atoms with van der Waals surface area (Å²) in [6.07, 6.45) is 5.77. The topological polar surface area (TPSA) is 68.5 Å². The van der Waals surface area contributed by atoms with Gasteiger partial charge in [0.1, 0.15) is 11.6 Å². The number of hydrogen-bond acceptors (Lipinski definition) is 6. The predicted molar refractivity (Wildman–Crippen MR) is 135 cm³/mol. The fraction of sp³-hybridized carbons (Fsp3) is 0.321. The van der Waals surface area contributed by atoms with Crippen LogP contribution in [0.2, 0.25) is 0 Å². The fourth-order valence-corrected chi connectivity index (χ4v) is 4.88. The van der Waals surface area contributed by atoms with E-state index in [9.17, 15) is 4.79 Å². The Hall–Kier alpha value is -3.67. The van der Waals surface area contributed by atoms with Gasteiger partial charge in [-0.15, -0.1) is 0 Å². The third-order valence-electron chi connectivity index (χ3n) is 6.70. The number of hydrogen-bond donors (Lipinski definition) is 0. The normalized spacial score (nSPS) is 14.5. The van der Waals surface area contributed by atoms with Crippen molar-refractivity contribution in [2.24, 2.45) is 5.92 Å². The number of fused-ring (bicyclic) bond motifs is 1. The number of pyridine rings is 1. The molecular formula is C28H29N3O3. The van der Waals surface area contributed by atoms with E-state index in [4.69, 9.17) is 14.1 Å². The second kappa shape index (κ2) is 9.67. The highest BCUT2D eigenvalue weighted by Gasteiger charge is 2.24. The van der Waals surface area contributed by atoms with Gasteiger partial charge < -0.3 is 14.1 Å². The number of nitrogens with zero attached hydrogens (tertiary/aromatic N) is 3. The van der Waals surface area contributed by atoms with Crippen molar-refractivity contribution < 1.29 is 9.15 Å². The number of piperidine rings is 1. The smallest absolute Gasteiger partial charge is 0.347 e. The zero-order valence-electron chi connectivity index (χ0n) is 19.7. The lowest BCUT2D eigenvalue weighted by atomic mass is 9.90. The van der Waals surface area contributed by atoms with E-state index in [1.807, 2.05) is 25.1 Å². The average Bonchev–Trinajstić information content (AvgIpc) is 2.89. The van der Waals surface area contributed by atoms with Gasteiger partial charge in [-0.05, 0) is 60.9 Å². The Balaban J connectivity index is 1.44. The molecule has 0 amide bonds. The molecule has 4 aromatic rings. The minimum atomic E-state index is -0.379. The van der Waals surface area contributed by atoms with E-state index >= 15 is 0 Å². The number of ether oxygens (including phenoxy) is 1. The minimum Gasteiger partial charge on any atom is -0.497 e. The van der Waals surface area contributed by atoms with Crippen molar-refractivity contribution in [1.29, 1.82) is 0 Å². The van der Waals surface area contributed by atoms with Crippen LogP contribution in [-0.4, -0.2) is 30.2 Å². The summed E-state index contributed by atoms with van der Waals surface area (Å²) >= 11 is 0. The van der Waals surface area contributed by atoms with E-state index < -0.39 is 0 Å². The molecule has 1 aliphatic rings. The molecule has 0 aliphatic carbocycles. The Morgan fingerprint density at radius 2 is 1.88 bits per heavy atom. The molecule has 3 heterocycles. The molecule has 0 atom stereocenters. The van der Waals surface area contributed by atoms with Gasteiger partial charge in [-0.1, -0.05) is 37.3 Å². The van der Waals surface area contributed by atoms with Crippen LogP contribution in [-0.2, 0) is 12.8 Å². The average molecular weight is 456 g/mol. The summed E-state index contributed by atoms with van der Waals surface area (Å²) in [5, 5.41) is 0.513. The molecule has 0 radical (unpaired) electrons. The first-order valence-electron chi connectivity index (χ1n) is 11.9. The van der Waals surface area contributed by atoms with Crippen LogP contribution in [0.25, 0.3) is 22.4 Å². The third kappa shape index (κ3) is 4.40. The summed E-state index contributed by atoms with van der Waals surface area (Å²) in [5.41, 5.74) is 3.20. The second-order valence-electron chi connectivity index (χ2n) is 8.84. The number of benzene rings is 2. The highest BCUT2D eigenvalue weighted by atomic mass is 16.5. The van der Waals surface area contributed by atoms with Gasteiger partial charge in [0, 0.05) is 25.4 Å². The monoisotopic (exact) mass is 455 g/mol. The van der Waals surface area contributed by atoms with E-state index in [0.29, 0.717) is 34.9 Å². The molecular weight excluding hydrogens is 426 g/mol. The first-order valence-corrected chi connectivity index (χ1v) is 11.9. The molecule has 1 fully saturated rings. The largest absolute Gasteiger partial charge is 0.497 e. The number of methoxy groups -OCH3 is 1. The molecule has 5 rings (SSSR count). The molecule has 0 spiro atoms. The Morgan fingerprint density at radius 3 is 2.62 bits per heavy atom. The van der Waals surface area contributed by atoms with Crippen LogP contribution in [0.3, 0.4) is 0 Å². The van der Waals surface area contributed by atoms with Crippen LogP contribution in [0.1, 0.15) is 30.9 Å². The molecule has 0 bridgehead atoms. The van der Waals surface area contributed by atoms with E-state index in [2.05, 4.69) is 40.2 Å². The number of aromatic nitrogens is 2. The van der Waals surface area contributed by atoms with Crippen LogP contribution in [0, 0.1) is 5.92 Å². The molecule has 1 saturated heterocycles. The molecule has 34 heavy (non-hydrogen) atoms. The molecule has 6 heteroatoms. The molecule has 0 saturated carbocycles. The lowest BCUT2D eigenvalue weighted by Gasteiger charge is -2.33. The summed E-state index contributed by atoms with van der Waals surface area (Å²) < 4.78 is 11.2. The minimum absolute atomic E-state index is 0.294. The van der Waals surface area contributed by atoms with Crippen LogP contribution >= 0.6 is 0 Å². The Labute approximate surface area is 199 Å². The molecule has 0 unspecified atom stereocenters. The highest BCUT2D eigenvalue weighted by Crippen LogP contribution is 2.32. The van der Waals surface area contributed by atoms with Gasteiger partial charge in [-0.2, -0.15) is 0 Å². The van der Waals surface area contributed by atoms with E-state index in [1.54, 1.807) is 19.4 Å². The summed E-state index contributed by atoms with van der Waals surface area (Å²) in [7, 11) is 1.62. The van der Waals surface area contributed by atoms with Gasteiger partial charge in [0.05, 0.1) is 23.6 Å². The summed E-state index contributed by atoms with van der Waals surface area (Å²) in [6.45, 7) is 3.82. The van der Waals surface area contributed by atoms with Gasteiger partial charge in [0.15, 0.2) is 0 Å². The number of anilines is 1. The lowest BCUT2D eigenvalue weighted by Crippen LogP contribution is -2.35. The predicted octanol–water partition coefficient (Wildman–Crippen LogP) is 5.28. The van der Waals surface area contributed by atoms with E-state index in [1.165, 1.54) is 5.56 Å². The fourth-order valence-electron chi connectivity index (χ4n) is 4.88. The summed E-state index contributed by atoms with van der Waals surface area (Å²) in [6, 6.07) is 18.1. The van der Waals surface area contributed by atoms with Crippen molar-refractivity contribution in [2.45, 2.75) is 32.6 Å². The molecule has 2 aromatic heterocycles. The maximum atomic E-state index is 13.0. The first-order chi connectivity index (χ1) is 16.7. The van der Waals surface area contributed by atoms with Gasteiger partial charge in [0.25, 0.3) is 0 Å². The van der Waals surface area contributed by atoms with E-state index in [0.717, 1.165) is 49.3 Å². The molecule has 0 N–H and O–H groups in total. The Morgan fingerprint density at radius 1 is 1.09 bits per heavy atom. The van der Waals surface area contributed by atoms with Crippen molar-refractivity contribution in [1.82, 2.24) is 9.97 Å². The molecule has 2 aromatic carbocycles. The SMILES string of the molecule is CCc1cc(OC)cc2nc(-c3cccnc3N3CCC(Cc4ccccc4)CC3)oc(=O)c12. The maximum absolute atomic E-state index is 13.0. The summed E-state index contributed by atoms with van der Waals surface area (Å²) in [5.74, 6) is 2.44. The van der Waals surface area contributed by atoms with Crippen LogP contribution < -0.4 is 15.3 Å². The molecule has 6 nitrogen and oxygen atoms in total. The van der Waals surface area contributed by atoms with Crippen molar-refractivity contribution >= 4 is 16.7 Å². The Kier molecular flexibility index (Phi) is 6.30. The van der Waals surface area contributed by atoms with Crippen LogP contribution in [0.5, 0.6) is 5.75 Å². The van der Waals surface area contributed by atoms with Gasteiger partial charge in [-0.25, -0.2) is 14.8 Å². The quantitative estimate of drug-likeness (QED) is 0.394. The zero-order chi connectivity index (χ0) is 23.5. The Bertz CT molecular complexity index is 1340. The van der Waals surface area contributed by atoms with Crippen LogP contribution in [0.4, 0.5) is 5.82 Å². The number of aryl methyl sites for hydroxylation is 1. The van der Waals surface area contributed by atoms with Gasteiger partial charge >= 0.3 is 5.63 Å². The zero-order valence-corrected chi connectivity index (χ0v) is 19.7. The first kappa shape index (κ1) is 22.1. The highest BCUT2D eigenvalue weighted by molar-refractivity contribution is 5.84.